The third-order valence-corrected chi connectivity index (χ3v) is 8.61. The average molecular weight is 636 g/mol. The normalized spacial score (nSPS) is 19.5. The molecule has 204 valence electrons. The Morgan fingerprint density at radius 1 is 0.897 bits per heavy atom. The van der Waals surface area contributed by atoms with Crippen molar-refractivity contribution in [2.24, 2.45) is 5.73 Å². The Balaban J connectivity index is 1.67. The van der Waals surface area contributed by atoms with Gasteiger partial charge < -0.3 is 16.4 Å². The van der Waals surface area contributed by atoms with Crippen LogP contribution in [0.5, 0.6) is 0 Å². The van der Waals surface area contributed by atoms with Crippen molar-refractivity contribution in [3.8, 4) is 0 Å². The number of alkyl halides is 4. The lowest BCUT2D eigenvalue weighted by Gasteiger charge is -2.18. The lowest BCUT2D eigenvalue weighted by molar-refractivity contribution is -0.126. The highest BCUT2D eigenvalue weighted by molar-refractivity contribution is 6.55. The van der Waals surface area contributed by atoms with Gasteiger partial charge in [0.05, 0.1) is 20.6 Å². The van der Waals surface area contributed by atoms with Gasteiger partial charge >= 0.3 is 6.43 Å². The highest BCUT2D eigenvalue weighted by Gasteiger charge is 2.80. The minimum Gasteiger partial charge on any atom is -0.369 e. The number of hydrogen-bond donors (Lipinski definition) is 3. The second-order valence-electron chi connectivity index (χ2n) is 8.87. The molecule has 0 saturated heterocycles. The first-order chi connectivity index (χ1) is 18.2. The zero-order valence-corrected chi connectivity index (χ0v) is 23.6. The molecule has 1 fully saturated rings. The molecule has 0 heterocycles. The summed E-state index contributed by atoms with van der Waals surface area (Å²) in [5, 5.41) is 5.34. The Hall–Kier alpha value is -2.62. The molecule has 1 saturated carbocycles. The molecule has 3 amide bonds. The topological polar surface area (TPSA) is 101 Å². The first-order valence-electron chi connectivity index (χ1n) is 11.2. The molecule has 1 aliphatic rings. The second kappa shape index (κ2) is 10.7. The molecule has 6 nitrogen and oxygen atoms in total. The summed E-state index contributed by atoms with van der Waals surface area (Å²) >= 11 is 31.8. The fraction of sp³-hybridized carbons (Fsp3) is 0.192. The number of nitrogens with two attached hydrogens (primary N) is 1. The van der Waals surface area contributed by atoms with Gasteiger partial charge in [-0.1, -0.05) is 70.1 Å². The highest BCUT2D eigenvalue weighted by atomic mass is 35.5. The van der Waals surface area contributed by atoms with Crippen molar-refractivity contribution in [1.82, 2.24) is 0 Å². The van der Waals surface area contributed by atoms with E-state index in [1.165, 1.54) is 36.4 Å². The Bertz CT molecular complexity index is 1520. The molecule has 0 spiro atoms. The van der Waals surface area contributed by atoms with Crippen LogP contribution in [0.1, 0.15) is 33.0 Å². The van der Waals surface area contributed by atoms with Crippen LogP contribution in [0.15, 0.2) is 54.6 Å². The standard InChI is InChI=1S/C26H18Cl5F2N3O3/c1-11-8-14(35-23(38)21(32)33)4-7-19(11)36-22(37)15-10-13(3-6-16(15)27)25(24(34)39)20(26(25,30)31)12-2-5-17(28)18(29)9-12/h2-10,20-21H,1H3,(H2,34,39)(H,35,38)(H,36,37). The summed E-state index contributed by atoms with van der Waals surface area (Å²) in [6.45, 7) is 1.61. The van der Waals surface area contributed by atoms with Crippen molar-refractivity contribution in [1.29, 1.82) is 0 Å². The van der Waals surface area contributed by atoms with E-state index < -0.39 is 39.8 Å². The maximum absolute atomic E-state index is 13.2. The number of carbonyl (C=O) groups is 3. The summed E-state index contributed by atoms with van der Waals surface area (Å²) in [6.07, 6.45) is -3.18. The molecule has 2 atom stereocenters. The maximum Gasteiger partial charge on any atom is 0.315 e. The molecular formula is C26H18Cl5F2N3O3. The van der Waals surface area contributed by atoms with Crippen LogP contribution in [0.2, 0.25) is 15.1 Å². The Labute approximate surface area is 246 Å². The van der Waals surface area contributed by atoms with Crippen LogP contribution in [0, 0.1) is 6.92 Å². The van der Waals surface area contributed by atoms with Gasteiger partial charge in [0.25, 0.3) is 11.8 Å². The first-order valence-corrected chi connectivity index (χ1v) is 13.0. The number of halogens is 7. The lowest BCUT2D eigenvalue weighted by atomic mass is 9.88. The minimum atomic E-state index is -3.18. The van der Waals surface area contributed by atoms with Gasteiger partial charge in [-0.25, -0.2) is 0 Å². The summed E-state index contributed by atoms with van der Waals surface area (Å²) < 4.78 is 23.4. The molecule has 4 rings (SSSR count). The largest absolute Gasteiger partial charge is 0.369 e. The van der Waals surface area contributed by atoms with Gasteiger partial charge in [-0.2, -0.15) is 8.78 Å². The molecule has 0 bridgehead atoms. The summed E-state index contributed by atoms with van der Waals surface area (Å²) in [7, 11) is 0. The van der Waals surface area contributed by atoms with E-state index in [9.17, 15) is 23.2 Å². The molecule has 1 aliphatic carbocycles. The van der Waals surface area contributed by atoms with E-state index in [4.69, 9.17) is 63.7 Å². The van der Waals surface area contributed by atoms with Crippen LogP contribution in [0.4, 0.5) is 20.2 Å². The zero-order chi connectivity index (χ0) is 28.9. The summed E-state index contributed by atoms with van der Waals surface area (Å²) in [5.74, 6) is -3.73. The summed E-state index contributed by atoms with van der Waals surface area (Å²) in [5.41, 5.74) is 5.91. The fourth-order valence-corrected chi connectivity index (χ4v) is 6.18. The number of primary amides is 1. The molecule has 3 aromatic rings. The molecular weight excluding hydrogens is 618 g/mol. The van der Waals surface area contributed by atoms with Crippen LogP contribution in [0.25, 0.3) is 0 Å². The molecule has 0 aromatic heterocycles. The molecule has 13 heteroatoms. The number of amides is 3. The number of anilines is 2. The van der Waals surface area contributed by atoms with Crippen molar-refractivity contribution >= 4 is 87.1 Å². The van der Waals surface area contributed by atoms with E-state index in [0.29, 0.717) is 21.8 Å². The third kappa shape index (κ3) is 5.16. The zero-order valence-electron chi connectivity index (χ0n) is 19.8. The summed E-state index contributed by atoms with van der Waals surface area (Å²) in [4.78, 5) is 37.4. The van der Waals surface area contributed by atoms with Gasteiger partial charge in [0.2, 0.25) is 5.91 Å². The van der Waals surface area contributed by atoms with Crippen molar-refractivity contribution < 1.29 is 23.2 Å². The van der Waals surface area contributed by atoms with Gasteiger partial charge in [-0.3, -0.25) is 14.4 Å². The Kier molecular flexibility index (Phi) is 8.09. The Morgan fingerprint density at radius 2 is 1.56 bits per heavy atom. The molecule has 2 unspecified atom stereocenters. The number of hydrogen-bond acceptors (Lipinski definition) is 3. The minimum absolute atomic E-state index is 0.00630. The number of nitrogens with one attached hydrogen (secondary N) is 2. The number of rotatable bonds is 7. The highest BCUT2D eigenvalue weighted by Crippen LogP contribution is 2.74. The van der Waals surface area contributed by atoms with E-state index in [2.05, 4.69) is 10.6 Å². The van der Waals surface area contributed by atoms with E-state index in [0.717, 1.165) is 0 Å². The van der Waals surface area contributed by atoms with Gasteiger partial charge in [-0.05, 0) is 66.1 Å². The monoisotopic (exact) mass is 633 g/mol. The molecule has 0 radical (unpaired) electrons. The predicted octanol–water partition coefficient (Wildman–Crippen LogP) is 7.11. The summed E-state index contributed by atoms with van der Waals surface area (Å²) in [6, 6.07) is 13.2. The molecule has 39 heavy (non-hydrogen) atoms. The van der Waals surface area contributed by atoms with Crippen LogP contribution in [-0.2, 0) is 15.0 Å². The average Bonchev–Trinajstić information content (AvgIpc) is 3.39. The smallest absolute Gasteiger partial charge is 0.315 e. The van der Waals surface area contributed by atoms with Crippen molar-refractivity contribution in [2.45, 2.75) is 29.0 Å². The first kappa shape index (κ1) is 29.4. The quantitative estimate of drug-likeness (QED) is 0.241. The van der Waals surface area contributed by atoms with Gasteiger partial charge in [0.1, 0.15) is 9.75 Å². The van der Waals surface area contributed by atoms with Crippen molar-refractivity contribution in [3.05, 3.63) is 91.9 Å². The number of carbonyl (C=O) groups excluding carboxylic acids is 3. The molecule has 3 aromatic carbocycles. The fourth-order valence-electron chi connectivity index (χ4n) is 4.58. The van der Waals surface area contributed by atoms with Crippen LogP contribution in [0.3, 0.4) is 0 Å². The van der Waals surface area contributed by atoms with Crippen LogP contribution >= 0.6 is 58.0 Å². The maximum atomic E-state index is 13.2. The number of benzene rings is 3. The van der Waals surface area contributed by atoms with Gasteiger partial charge in [0.15, 0.2) is 0 Å². The SMILES string of the molecule is Cc1cc(NC(=O)C(F)F)ccc1NC(=O)c1cc(C2(C(N)=O)C(c3ccc(Cl)c(Cl)c3)C2(Cl)Cl)ccc1Cl. The van der Waals surface area contributed by atoms with Gasteiger partial charge in [0, 0.05) is 17.3 Å². The number of aryl methyl sites for hydroxylation is 1. The Morgan fingerprint density at radius 3 is 2.15 bits per heavy atom. The van der Waals surface area contributed by atoms with Crippen LogP contribution in [-0.4, -0.2) is 28.5 Å². The molecule has 4 N–H and O–H groups in total. The predicted molar refractivity (Wildman–Crippen MR) is 150 cm³/mol. The van der Waals surface area contributed by atoms with E-state index in [-0.39, 0.29) is 26.9 Å². The second-order valence-corrected chi connectivity index (χ2v) is 11.5. The molecule has 0 aliphatic heterocycles. The third-order valence-electron chi connectivity index (χ3n) is 6.51. The van der Waals surface area contributed by atoms with Crippen LogP contribution < -0.4 is 16.4 Å². The van der Waals surface area contributed by atoms with Crippen molar-refractivity contribution in [2.75, 3.05) is 10.6 Å². The van der Waals surface area contributed by atoms with Gasteiger partial charge in [-0.15, -0.1) is 0 Å². The van der Waals surface area contributed by atoms with Crippen molar-refractivity contribution in [3.63, 3.8) is 0 Å². The lowest BCUT2D eigenvalue weighted by Crippen LogP contribution is -2.34. The van der Waals surface area contributed by atoms with E-state index >= 15 is 0 Å². The van der Waals surface area contributed by atoms with E-state index in [1.807, 2.05) is 0 Å². The van der Waals surface area contributed by atoms with E-state index in [1.54, 1.807) is 25.1 Å².